The Kier molecular flexibility index (Phi) is 8.66. The summed E-state index contributed by atoms with van der Waals surface area (Å²) in [5.41, 5.74) is 1.44. The standard InChI is InChI=1S/C24H28ClN3O4S/c1-2-23(29)26-17-19-12-14-28(15-13-19)33(31,32)20-9-10-22(21(25)16-20)27-24(30)11-8-18-6-4-3-5-7-18/h2-7,9-10,16,19H,1,8,11-15,17H2,(H,26,29)(H,27,30). The number of piperidine rings is 1. The Labute approximate surface area is 199 Å². The Hall–Kier alpha value is -2.68. The molecule has 0 spiro atoms. The number of nitrogens with zero attached hydrogens (tertiary/aromatic N) is 1. The molecule has 1 fully saturated rings. The first-order valence-corrected chi connectivity index (χ1v) is 12.6. The van der Waals surface area contributed by atoms with Gasteiger partial charge in [-0.15, -0.1) is 0 Å². The highest BCUT2D eigenvalue weighted by atomic mass is 35.5. The quantitative estimate of drug-likeness (QED) is 0.526. The maximum absolute atomic E-state index is 13.0. The number of nitrogens with one attached hydrogen (secondary N) is 2. The smallest absolute Gasteiger partial charge is 0.243 e. The first-order chi connectivity index (χ1) is 15.8. The minimum Gasteiger partial charge on any atom is -0.352 e. The number of hydrogen-bond donors (Lipinski definition) is 2. The lowest BCUT2D eigenvalue weighted by Crippen LogP contribution is -2.41. The van der Waals surface area contributed by atoms with Gasteiger partial charge in [0.25, 0.3) is 0 Å². The third kappa shape index (κ3) is 6.90. The number of aryl methyl sites for hydroxylation is 1. The normalized spacial score (nSPS) is 15.1. The van der Waals surface area contributed by atoms with E-state index in [4.69, 9.17) is 11.6 Å². The number of carbonyl (C=O) groups excluding carboxylic acids is 2. The third-order valence-corrected chi connectivity index (χ3v) is 7.87. The molecule has 33 heavy (non-hydrogen) atoms. The van der Waals surface area contributed by atoms with Crippen molar-refractivity contribution in [3.05, 3.63) is 71.8 Å². The van der Waals surface area contributed by atoms with E-state index >= 15 is 0 Å². The lowest BCUT2D eigenvalue weighted by atomic mass is 9.98. The van der Waals surface area contributed by atoms with Crippen LogP contribution in [0.2, 0.25) is 5.02 Å². The van der Waals surface area contributed by atoms with E-state index in [-0.39, 0.29) is 27.7 Å². The molecule has 0 saturated carbocycles. The topological polar surface area (TPSA) is 95.6 Å². The van der Waals surface area contributed by atoms with Crippen LogP contribution in [0.1, 0.15) is 24.8 Å². The zero-order chi connectivity index (χ0) is 23.8. The van der Waals surface area contributed by atoms with Gasteiger partial charge in [-0.3, -0.25) is 9.59 Å². The van der Waals surface area contributed by atoms with Gasteiger partial charge in [0.2, 0.25) is 21.8 Å². The maximum atomic E-state index is 13.0. The molecule has 2 aromatic rings. The predicted molar refractivity (Wildman–Crippen MR) is 130 cm³/mol. The summed E-state index contributed by atoms with van der Waals surface area (Å²) in [7, 11) is -3.70. The van der Waals surface area contributed by atoms with Crippen LogP contribution in [-0.4, -0.2) is 44.2 Å². The van der Waals surface area contributed by atoms with Gasteiger partial charge in [0.05, 0.1) is 15.6 Å². The number of benzene rings is 2. The molecule has 0 radical (unpaired) electrons. The molecule has 176 valence electrons. The summed E-state index contributed by atoms with van der Waals surface area (Å²) < 4.78 is 27.5. The SMILES string of the molecule is C=CC(=O)NCC1CCN(S(=O)(=O)c2ccc(NC(=O)CCc3ccccc3)c(Cl)c2)CC1. The van der Waals surface area contributed by atoms with E-state index in [1.807, 2.05) is 30.3 Å². The molecule has 0 aliphatic carbocycles. The first kappa shape index (κ1) is 25.0. The van der Waals surface area contributed by atoms with E-state index < -0.39 is 10.0 Å². The predicted octanol–water partition coefficient (Wildman–Crippen LogP) is 3.61. The summed E-state index contributed by atoms with van der Waals surface area (Å²) >= 11 is 6.30. The largest absolute Gasteiger partial charge is 0.352 e. The van der Waals surface area contributed by atoms with Crippen molar-refractivity contribution in [3.8, 4) is 0 Å². The van der Waals surface area contributed by atoms with Crippen LogP contribution in [0.4, 0.5) is 5.69 Å². The van der Waals surface area contributed by atoms with Gasteiger partial charge in [-0.05, 0) is 55.0 Å². The van der Waals surface area contributed by atoms with Crippen molar-refractivity contribution in [3.63, 3.8) is 0 Å². The van der Waals surface area contributed by atoms with Crippen LogP contribution in [0.5, 0.6) is 0 Å². The fourth-order valence-electron chi connectivity index (χ4n) is 3.69. The Morgan fingerprint density at radius 1 is 1.12 bits per heavy atom. The molecular weight excluding hydrogens is 462 g/mol. The summed E-state index contributed by atoms with van der Waals surface area (Å²) in [6.07, 6.45) is 3.42. The second kappa shape index (κ2) is 11.4. The highest BCUT2D eigenvalue weighted by molar-refractivity contribution is 7.89. The van der Waals surface area contributed by atoms with Crippen LogP contribution in [0.25, 0.3) is 0 Å². The average Bonchev–Trinajstić information content (AvgIpc) is 2.83. The number of sulfonamides is 1. The van der Waals surface area contributed by atoms with E-state index in [9.17, 15) is 18.0 Å². The monoisotopic (exact) mass is 489 g/mol. The van der Waals surface area contributed by atoms with E-state index in [1.54, 1.807) is 0 Å². The highest BCUT2D eigenvalue weighted by Crippen LogP contribution is 2.29. The van der Waals surface area contributed by atoms with Gasteiger partial charge in [0.1, 0.15) is 0 Å². The summed E-state index contributed by atoms with van der Waals surface area (Å²) in [5, 5.41) is 5.68. The van der Waals surface area contributed by atoms with Crippen LogP contribution < -0.4 is 10.6 Å². The molecular formula is C24H28ClN3O4S. The number of hydrogen-bond acceptors (Lipinski definition) is 4. The summed E-state index contributed by atoms with van der Waals surface area (Å²) in [4.78, 5) is 23.7. The number of anilines is 1. The van der Waals surface area contributed by atoms with Gasteiger partial charge in [-0.25, -0.2) is 8.42 Å². The second-order valence-electron chi connectivity index (χ2n) is 7.97. The minimum atomic E-state index is -3.70. The third-order valence-electron chi connectivity index (χ3n) is 5.66. The van der Waals surface area contributed by atoms with Gasteiger partial charge in [-0.1, -0.05) is 48.5 Å². The van der Waals surface area contributed by atoms with E-state index in [2.05, 4.69) is 17.2 Å². The Morgan fingerprint density at radius 2 is 1.82 bits per heavy atom. The van der Waals surface area contributed by atoms with Crippen molar-refractivity contribution in [2.75, 3.05) is 25.0 Å². The lowest BCUT2D eigenvalue weighted by Gasteiger charge is -2.31. The molecule has 3 rings (SSSR count). The van der Waals surface area contributed by atoms with Crippen LogP contribution in [0.3, 0.4) is 0 Å². The summed E-state index contributed by atoms with van der Waals surface area (Å²) in [5.74, 6) is -0.202. The lowest BCUT2D eigenvalue weighted by molar-refractivity contribution is -0.117. The molecule has 1 saturated heterocycles. The molecule has 2 aromatic carbocycles. The van der Waals surface area contributed by atoms with Gasteiger partial charge in [-0.2, -0.15) is 4.31 Å². The molecule has 2 amide bonds. The Morgan fingerprint density at radius 3 is 2.45 bits per heavy atom. The van der Waals surface area contributed by atoms with Gasteiger partial charge >= 0.3 is 0 Å². The average molecular weight is 490 g/mol. The number of carbonyl (C=O) groups is 2. The van der Waals surface area contributed by atoms with Gasteiger partial charge in [0.15, 0.2) is 0 Å². The molecule has 1 aliphatic heterocycles. The molecule has 0 atom stereocenters. The van der Waals surface area contributed by atoms with E-state index in [0.29, 0.717) is 51.0 Å². The van der Waals surface area contributed by atoms with Crippen molar-refractivity contribution < 1.29 is 18.0 Å². The number of halogens is 1. The molecule has 2 N–H and O–H groups in total. The molecule has 0 aromatic heterocycles. The van der Waals surface area contributed by atoms with Crippen molar-refractivity contribution in [1.82, 2.24) is 9.62 Å². The molecule has 1 heterocycles. The van der Waals surface area contributed by atoms with Crippen LogP contribution in [0, 0.1) is 5.92 Å². The molecule has 0 unspecified atom stereocenters. The van der Waals surface area contributed by atoms with Crippen molar-refractivity contribution in [1.29, 1.82) is 0 Å². The van der Waals surface area contributed by atoms with E-state index in [1.165, 1.54) is 28.6 Å². The van der Waals surface area contributed by atoms with Crippen molar-refractivity contribution in [2.24, 2.45) is 5.92 Å². The van der Waals surface area contributed by atoms with Crippen molar-refractivity contribution in [2.45, 2.75) is 30.6 Å². The zero-order valence-electron chi connectivity index (χ0n) is 18.3. The number of rotatable bonds is 9. The fourth-order valence-corrected chi connectivity index (χ4v) is 5.48. The zero-order valence-corrected chi connectivity index (χ0v) is 19.9. The summed E-state index contributed by atoms with van der Waals surface area (Å²) in [6, 6.07) is 14.0. The Balaban J connectivity index is 1.56. The second-order valence-corrected chi connectivity index (χ2v) is 10.3. The summed E-state index contributed by atoms with van der Waals surface area (Å²) in [6.45, 7) is 4.66. The van der Waals surface area contributed by atoms with Crippen LogP contribution >= 0.6 is 11.6 Å². The maximum Gasteiger partial charge on any atom is 0.243 e. The van der Waals surface area contributed by atoms with Gasteiger partial charge in [0, 0.05) is 26.1 Å². The fraction of sp³-hybridized carbons (Fsp3) is 0.333. The molecule has 1 aliphatic rings. The highest BCUT2D eigenvalue weighted by Gasteiger charge is 2.30. The minimum absolute atomic E-state index is 0.0909. The van der Waals surface area contributed by atoms with Crippen molar-refractivity contribution >= 4 is 39.1 Å². The van der Waals surface area contributed by atoms with Crippen LogP contribution in [0.15, 0.2) is 66.1 Å². The molecule has 9 heteroatoms. The van der Waals surface area contributed by atoms with E-state index in [0.717, 1.165) is 5.56 Å². The Bertz CT molecular complexity index is 1100. The first-order valence-electron chi connectivity index (χ1n) is 10.8. The van der Waals surface area contributed by atoms with Gasteiger partial charge < -0.3 is 10.6 Å². The number of amides is 2. The molecule has 7 nitrogen and oxygen atoms in total. The molecule has 0 bridgehead atoms. The van der Waals surface area contributed by atoms with Crippen LogP contribution in [-0.2, 0) is 26.0 Å².